The van der Waals surface area contributed by atoms with Gasteiger partial charge < -0.3 is 25.6 Å². The standard InChI is InChI=1S/C18H15N3O4S2/c1-25-12-5-2-10(3-6-12)14-9-27-18(20-14)21-17(26)19-11-4-7-13(16(23)24)15(22)8-11/h2-9,22H,1H3,(H,23,24)(H2,19,20,21,26). The van der Waals surface area contributed by atoms with E-state index >= 15 is 0 Å². The van der Waals surface area contributed by atoms with E-state index < -0.39 is 5.97 Å². The van der Waals surface area contributed by atoms with E-state index in [1.165, 1.54) is 29.5 Å². The summed E-state index contributed by atoms with van der Waals surface area (Å²) in [5.41, 5.74) is 2.04. The van der Waals surface area contributed by atoms with Gasteiger partial charge in [-0.15, -0.1) is 11.3 Å². The molecule has 0 saturated heterocycles. The molecule has 1 aromatic heterocycles. The van der Waals surface area contributed by atoms with Gasteiger partial charge in [-0.05, 0) is 48.6 Å². The van der Waals surface area contributed by atoms with Crippen LogP contribution in [-0.2, 0) is 0 Å². The monoisotopic (exact) mass is 401 g/mol. The van der Waals surface area contributed by atoms with Crippen LogP contribution in [0.15, 0.2) is 47.8 Å². The number of hydrogen-bond acceptors (Lipinski definition) is 6. The minimum atomic E-state index is -1.20. The molecule has 0 spiro atoms. The van der Waals surface area contributed by atoms with Crippen LogP contribution in [0.25, 0.3) is 11.3 Å². The van der Waals surface area contributed by atoms with Crippen molar-refractivity contribution in [1.29, 1.82) is 0 Å². The number of methoxy groups -OCH3 is 1. The summed E-state index contributed by atoms with van der Waals surface area (Å²) < 4.78 is 5.14. The number of carbonyl (C=O) groups is 1. The van der Waals surface area contributed by atoms with E-state index in [9.17, 15) is 9.90 Å². The van der Waals surface area contributed by atoms with Crippen LogP contribution in [0.4, 0.5) is 10.8 Å². The maximum Gasteiger partial charge on any atom is 0.339 e. The first kappa shape index (κ1) is 18.6. The molecule has 7 nitrogen and oxygen atoms in total. The van der Waals surface area contributed by atoms with Gasteiger partial charge in [-0.3, -0.25) is 0 Å². The number of aromatic carboxylic acids is 1. The first-order valence-electron chi connectivity index (χ1n) is 7.70. The third kappa shape index (κ3) is 4.52. The van der Waals surface area contributed by atoms with Gasteiger partial charge in [0.1, 0.15) is 17.1 Å². The molecule has 0 fully saturated rings. The van der Waals surface area contributed by atoms with Crippen molar-refractivity contribution in [2.45, 2.75) is 0 Å². The molecule has 9 heteroatoms. The Morgan fingerprint density at radius 2 is 1.93 bits per heavy atom. The SMILES string of the molecule is COc1ccc(-c2csc(NC(=S)Nc3ccc(C(=O)O)c(O)c3)n2)cc1. The Labute approximate surface area is 164 Å². The number of nitrogens with zero attached hydrogens (tertiary/aromatic N) is 1. The second-order valence-electron chi connectivity index (χ2n) is 5.38. The summed E-state index contributed by atoms with van der Waals surface area (Å²) in [7, 11) is 1.61. The number of aromatic hydroxyl groups is 1. The number of nitrogens with one attached hydrogen (secondary N) is 2. The van der Waals surface area contributed by atoms with Crippen molar-refractivity contribution in [2.75, 3.05) is 17.7 Å². The fraction of sp³-hybridized carbons (Fsp3) is 0.0556. The zero-order valence-electron chi connectivity index (χ0n) is 14.1. The molecule has 138 valence electrons. The second kappa shape index (κ2) is 8.02. The van der Waals surface area contributed by atoms with Crippen LogP contribution in [0, 0.1) is 0 Å². The Hall–Kier alpha value is -3.17. The highest BCUT2D eigenvalue weighted by Crippen LogP contribution is 2.27. The van der Waals surface area contributed by atoms with Crippen molar-refractivity contribution in [1.82, 2.24) is 4.98 Å². The highest BCUT2D eigenvalue weighted by molar-refractivity contribution is 7.80. The fourth-order valence-electron chi connectivity index (χ4n) is 2.28. The summed E-state index contributed by atoms with van der Waals surface area (Å²) in [6.07, 6.45) is 0. The number of anilines is 2. The molecular formula is C18H15N3O4S2. The Morgan fingerprint density at radius 1 is 1.19 bits per heavy atom. The predicted octanol–water partition coefficient (Wildman–Crippen LogP) is 4.03. The van der Waals surface area contributed by atoms with Crippen LogP contribution in [0.5, 0.6) is 11.5 Å². The lowest BCUT2D eigenvalue weighted by Crippen LogP contribution is -2.19. The number of thiazole rings is 1. The molecule has 0 saturated carbocycles. The molecule has 1 heterocycles. The van der Waals surface area contributed by atoms with E-state index in [-0.39, 0.29) is 16.4 Å². The van der Waals surface area contributed by atoms with Gasteiger partial charge in [0.25, 0.3) is 0 Å². The Kier molecular flexibility index (Phi) is 5.53. The van der Waals surface area contributed by atoms with Gasteiger partial charge in [0.2, 0.25) is 0 Å². The van der Waals surface area contributed by atoms with E-state index in [0.717, 1.165) is 17.0 Å². The molecule has 27 heavy (non-hydrogen) atoms. The smallest absolute Gasteiger partial charge is 0.339 e. The number of benzene rings is 2. The van der Waals surface area contributed by atoms with Gasteiger partial charge in [-0.25, -0.2) is 9.78 Å². The summed E-state index contributed by atoms with van der Waals surface area (Å²) >= 11 is 6.63. The van der Waals surface area contributed by atoms with Gasteiger partial charge >= 0.3 is 5.97 Å². The van der Waals surface area contributed by atoms with Crippen LogP contribution in [0.1, 0.15) is 10.4 Å². The maximum atomic E-state index is 10.9. The lowest BCUT2D eigenvalue weighted by atomic mass is 10.2. The van der Waals surface area contributed by atoms with Crippen molar-refractivity contribution >= 4 is 45.5 Å². The van der Waals surface area contributed by atoms with Gasteiger partial charge in [0, 0.05) is 22.7 Å². The van der Waals surface area contributed by atoms with E-state index in [4.69, 9.17) is 22.1 Å². The second-order valence-corrected chi connectivity index (χ2v) is 6.65. The van der Waals surface area contributed by atoms with Crippen LogP contribution in [0.2, 0.25) is 0 Å². The van der Waals surface area contributed by atoms with E-state index in [2.05, 4.69) is 15.6 Å². The minimum Gasteiger partial charge on any atom is -0.507 e. The summed E-state index contributed by atoms with van der Waals surface area (Å²) in [4.78, 5) is 15.4. The lowest BCUT2D eigenvalue weighted by Gasteiger charge is -2.09. The summed E-state index contributed by atoms with van der Waals surface area (Å²) in [6, 6.07) is 11.7. The molecule has 2 aromatic carbocycles. The minimum absolute atomic E-state index is 0.177. The number of carboxylic acid groups (broad SMARTS) is 1. The predicted molar refractivity (Wildman–Crippen MR) is 109 cm³/mol. The Morgan fingerprint density at radius 3 is 2.56 bits per heavy atom. The largest absolute Gasteiger partial charge is 0.507 e. The molecule has 0 bridgehead atoms. The van der Waals surface area contributed by atoms with Crippen molar-refractivity contribution in [3.63, 3.8) is 0 Å². The molecule has 0 unspecified atom stereocenters. The molecule has 0 aliphatic heterocycles. The molecule has 0 aliphatic carbocycles. The van der Waals surface area contributed by atoms with Crippen LogP contribution < -0.4 is 15.4 Å². The molecule has 3 rings (SSSR count). The molecule has 3 aromatic rings. The number of ether oxygens (including phenoxy) is 1. The van der Waals surface area contributed by atoms with Crippen LogP contribution in [0.3, 0.4) is 0 Å². The average molecular weight is 401 g/mol. The van der Waals surface area contributed by atoms with E-state index in [0.29, 0.717) is 10.8 Å². The maximum absolute atomic E-state index is 10.9. The van der Waals surface area contributed by atoms with Crippen molar-refractivity contribution in [3.05, 3.63) is 53.4 Å². The molecular weight excluding hydrogens is 386 g/mol. The van der Waals surface area contributed by atoms with Gasteiger partial charge in [-0.2, -0.15) is 0 Å². The number of thiocarbonyl (C=S) groups is 1. The quantitative estimate of drug-likeness (QED) is 0.475. The molecule has 0 aliphatic rings. The van der Waals surface area contributed by atoms with Crippen LogP contribution >= 0.6 is 23.6 Å². The third-order valence-corrected chi connectivity index (χ3v) is 4.56. The normalized spacial score (nSPS) is 10.3. The summed E-state index contributed by atoms with van der Waals surface area (Å²) in [5.74, 6) is -0.769. The zero-order valence-corrected chi connectivity index (χ0v) is 15.7. The highest BCUT2D eigenvalue weighted by Gasteiger charge is 2.11. The number of rotatable bonds is 5. The first-order chi connectivity index (χ1) is 13.0. The average Bonchev–Trinajstić information content (AvgIpc) is 3.09. The third-order valence-electron chi connectivity index (χ3n) is 3.60. The van der Waals surface area contributed by atoms with Crippen LogP contribution in [-0.4, -0.2) is 33.4 Å². The lowest BCUT2D eigenvalue weighted by molar-refractivity contribution is 0.0694. The van der Waals surface area contributed by atoms with Gasteiger partial charge in [0.05, 0.1) is 12.8 Å². The molecule has 0 radical (unpaired) electrons. The number of carboxylic acids is 1. The molecule has 0 atom stereocenters. The van der Waals surface area contributed by atoms with Gasteiger partial charge in [-0.1, -0.05) is 0 Å². The Bertz CT molecular complexity index is 987. The van der Waals surface area contributed by atoms with Crippen molar-refractivity contribution in [3.8, 4) is 22.8 Å². The number of phenols is 1. The van der Waals surface area contributed by atoms with E-state index in [1.807, 2.05) is 29.6 Å². The van der Waals surface area contributed by atoms with Crippen molar-refractivity contribution < 1.29 is 19.7 Å². The number of hydrogen-bond donors (Lipinski definition) is 4. The highest BCUT2D eigenvalue weighted by atomic mass is 32.1. The Balaban J connectivity index is 1.65. The molecule has 4 N–H and O–H groups in total. The number of aromatic nitrogens is 1. The topological polar surface area (TPSA) is 104 Å². The zero-order chi connectivity index (χ0) is 19.4. The molecule has 0 amide bonds. The van der Waals surface area contributed by atoms with Crippen molar-refractivity contribution in [2.24, 2.45) is 0 Å². The van der Waals surface area contributed by atoms with E-state index in [1.54, 1.807) is 7.11 Å². The summed E-state index contributed by atoms with van der Waals surface area (Å²) in [6.45, 7) is 0. The fourth-order valence-corrected chi connectivity index (χ4v) is 3.28. The summed E-state index contributed by atoms with van der Waals surface area (Å²) in [5, 5.41) is 27.3. The van der Waals surface area contributed by atoms with Gasteiger partial charge in [0.15, 0.2) is 10.2 Å². The first-order valence-corrected chi connectivity index (χ1v) is 8.99.